The Balaban J connectivity index is 0.00000220. The van der Waals surface area contributed by atoms with Crippen molar-refractivity contribution in [3.8, 4) is 0 Å². The van der Waals surface area contributed by atoms with E-state index in [0.29, 0.717) is 31.7 Å². The van der Waals surface area contributed by atoms with Crippen molar-refractivity contribution in [3.05, 3.63) is 28.2 Å². The van der Waals surface area contributed by atoms with Gasteiger partial charge in [-0.3, -0.25) is 0 Å². The second kappa shape index (κ2) is 7.32. The highest BCUT2D eigenvalue weighted by molar-refractivity contribution is 9.10. The Morgan fingerprint density at radius 3 is 2.29 bits per heavy atom. The number of sulfonamides is 1. The number of hydrogen-bond acceptors (Lipinski definition) is 3. The van der Waals surface area contributed by atoms with Crippen LogP contribution < -0.4 is 10.5 Å². The van der Waals surface area contributed by atoms with Gasteiger partial charge < -0.3 is 5.73 Å². The molecule has 0 spiro atoms. The van der Waals surface area contributed by atoms with Gasteiger partial charge in [-0.2, -0.15) is 0 Å². The van der Waals surface area contributed by atoms with Gasteiger partial charge in [0.1, 0.15) is 16.5 Å². The second-order valence-electron chi connectivity index (χ2n) is 4.93. The Labute approximate surface area is 137 Å². The fourth-order valence-electron chi connectivity index (χ4n) is 2.23. The molecule has 0 saturated heterocycles. The van der Waals surface area contributed by atoms with Crippen LogP contribution in [0.2, 0.25) is 0 Å². The molecule has 120 valence electrons. The minimum Gasteiger partial charge on any atom is -0.328 e. The third kappa shape index (κ3) is 4.59. The Bertz CT molecular complexity index is 608. The van der Waals surface area contributed by atoms with Gasteiger partial charge in [-0.15, -0.1) is 12.4 Å². The van der Waals surface area contributed by atoms with Crippen LogP contribution in [0.3, 0.4) is 0 Å². The van der Waals surface area contributed by atoms with E-state index in [1.807, 2.05) is 0 Å². The van der Waals surface area contributed by atoms with Crippen LogP contribution in [0.15, 0.2) is 21.5 Å². The molecule has 1 saturated carbocycles. The van der Waals surface area contributed by atoms with Gasteiger partial charge in [-0.05, 0) is 53.7 Å². The average Bonchev–Trinajstić information content (AvgIpc) is 2.36. The summed E-state index contributed by atoms with van der Waals surface area (Å²) in [6, 6.07) is 1.28. The van der Waals surface area contributed by atoms with E-state index in [-0.39, 0.29) is 29.0 Å². The first kappa shape index (κ1) is 18.8. The highest BCUT2D eigenvalue weighted by Crippen LogP contribution is 2.25. The molecule has 0 unspecified atom stereocenters. The molecule has 21 heavy (non-hydrogen) atoms. The number of halogens is 4. The zero-order valence-corrected chi connectivity index (χ0v) is 14.2. The third-order valence-electron chi connectivity index (χ3n) is 3.36. The fourth-order valence-corrected chi connectivity index (χ4v) is 3.92. The molecule has 4 nitrogen and oxygen atoms in total. The van der Waals surface area contributed by atoms with Crippen LogP contribution in [0.25, 0.3) is 0 Å². The van der Waals surface area contributed by atoms with Gasteiger partial charge in [-0.1, -0.05) is 0 Å². The van der Waals surface area contributed by atoms with E-state index in [2.05, 4.69) is 20.7 Å². The molecule has 2 rings (SSSR count). The summed E-state index contributed by atoms with van der Waals surface area (Å²) in [4.78, 5) is -0.673. The van der Waals surface area contributed by atoms with Crippen molar-refractivity contribution in [1.29, 1.82) is 0 Å². The summed E-state index contributed by atoms with van der Waals surface area (Å²) < 4.78 is 53.6. The summed E-state index contributed by atoms with van der Waals surface area (Å²) >= 11 is 2.81. The standard InChI is InChI=1S/C12H15BrF2N2O2S.ClH/c13-9-5-11(15)12(6-10(9)14)20(18,19)17-8-3-1-7(16)2-4-8;/h5-8,17H,1-4,16H2;1H. The Morgan fingerprint density at radius 2 is 1.71 bits per heavy atom. The predicted molar refractivity (Wildman–Crippen MR) is 81.9 cm³/mol. The first-order valence-corrected chi connectivity index (χ1v) is 8.49. The van der Waals surface area contributed by atoms with E-state index in [9.17, 15) is 17.2 Å². The number of nitrogens with one attached hydrogen (secondary N) is 1. The largest absolute Gasteiger partial charge is 0.328 e. The third-order valence-corrected chi connectivity index (χ3v) is 5.50. The molecule has 0 aromatic heterocycles. The van der Waals surface area contributed by atoms with Crippen LogP contribution >= 0.6 is 28.3 Å². The zero-order chi connectivity index (χ0) is 14.9. The van der Waals surface area contributed by atoms with Crippen LogP contribution in [0, 0.1) is 11.6 Å². The average molecular weight is 406 g/mol. The van der Waals surface area contributed by atoms with Gasteiger partial charge in [-0.25, -0.2) is 21.9 Å². The molecular formula is C12H16BrClF2N2O2S. The van der Waals surface area contributed by atoms with E-state index in [0.717, 1.165) is 6.07 Å². The smallest absolute Gasteiger partial charge is 0.243 e. The lowest BCUT2D eigenvalue weighted by atomic mass is 9.93. The Hall–Kier alpha value is -0.280. The number of nitrogens with two attached hydrogens (primary N) is 1. The summed E-state index contributed by atoms with van der Waals surface area (Å²) in [5, 5.41) is 0. The topological polar surface area (TPSA) is 72.2 Å². The molecule has 0 bridgehead atoms. The van der Waals surface area contributed by atoms with Crippen molar-refractivity contribution >= 4 is 38.4 Å². The summed E-state index contributed by atoms with van der Waals surface area (Å²) in [6.07, 6.45) is 2.62. The van der Waals surface area contributed by atoms with E-state index in [4.69, 9.17) is 5.73 Å². The first-order chi connectivity index (χ1) is 9.29. The molecule has 1 aliphatic rings. The van der Waals surface area contributed by atoms with Gasteiger partial charge in [0, 0.05) is 12.1 Å². The molecule has 1 aromatic rings. The van der Waals surface area contributed by atoms with Gasteiger partial charge in [0.2, 0.25) is 10.0 Å². The van der Waals surface area contributed by atoms with E-state index in [1.54, 1.807) is 0 Å². The Morgan fingerprint density at radius 1 is 1.14 bits per heavy atom. The van der Waals surface area contributed by atoms with Crippen LogP contribution in [0.1, 0.15) is 25.7 Å². The van der Waals surface area contributed by atoms with Crippen LogP contribution in [0.4, 0.5) is 8.78 Å². The summed E-state index contributed by atoms with van der Waals surface area (Å²) in [7, 11) is -4.07. The van der Waals surface area contributed by atoms with Crippen molar-refractivity contribution in [2.75, 3.05) is 0 Å². The molecule has 0 aliphatic heterocycles. The maximum atomic E-state index is 13.7. The maximum absolute atomic E-state index is 13.7. The predicted octanol–water partition coefficient (Wildman–Crippen LogP) is 2.70. The SMILES string of the molecule is Cl.NC1CCC(NS(=O)(=O)c2cc(F)c(Br)cc2F)CC1. The number of hydrogen-bond donors (Lipinski definition) is 2. The second-order valence-corrected chi connectivity index (χ2v) is 7.47. The lowest BCUT2D eigenvalue weighted by molar-refractivity contribution is 0.373. The lowest BCUT2D eigenvalue weighted by Crippen LogP contribution is -2.40. The minimum absolute atomic E-state index is 0. The van der Waals surface area contributed by atoms with Gasteiger partial charge in [0.05, 0.1) is 4.47 Å². The molecule has 0 heterocycles. The molecule has 0 amide bonds. The van der Waals surface area contributed by atoms with E-state index >= 15 is 0 Å². The van der Waals surface area contributed by atoms with Crippen molar-refractivity contribution in [1.82, 2.24) is 4.72 Å². The molecular weight excluding hydrogens is 390 g/mol. The fraction of sp³-hybridized carbons (Fsp3) is 0.500. The normalized spacial score (nSPS) is 22.7. The van der Waals surface area contributed by atoms with Gasteiger partial charge >= 0.3 is 0 Å². The highest BCUT2D eigenvalue weighted by atomic mass is 79.9. The number of benzene rings is 1. The summed E-state index contributed by atoms with van der Waals surface area (Å²) in [6.45, 7) is 0. The monoisotopic (exact) mass is 404 g/mol. The van der Waals surface area contributed by atoms with Crippen LogP contribution in [-0.4, -0.2) is 20.5 Å². The Kier molecular flexibility index (Phi) is 6.54. The summed E-state index contributed by atoms with van der Waals surface area (Å²) in [5.41, 5.74) is 5.74. The van der Waals surface area contributed by atoms with Gasteiger partial charge in [0.15, 0.2) is 0 Å². The van der Waals surface area contributed by atoms with Crippen molar-refractivity contribution < 1.29 is 17.2 Å². The first-order valence-electron chi connectivity index (χ1n) is 6.22. The highest BCUT2D eigenvalue weighted by Gasteiger charge is 2.27. The lowest BCUT2D eigenvalue weighted by Gasteiger charge is -2.26. The maximum Gasteiger partial charge on any atom is 0.243 e. The molecule has 3 N–H and O–H groups in total. The van der Waals surface area contributed by atoms with Crippen molar-refractivity contribution in [3.63, 3.8) is 0 Å². The quantitative estimate of drug-likeness (QED) is 0.760. The molecule has 1 aromatic carbocycles. The van der Waals surface area contributed by atoms with Crippen molar-refractivity contribution in [2.24, 2.45) is 5.73 Å². The van der Waals surface area contributed by atoms with E-state index < -0.39 is 26.6 Å². The van der Waals surface area contributed by atoms with E-state index in [1.165, 1.54) is 0 Å². The van der Waals surface area contributed by atoms with Crippen molar-refractivity contribution in [2.45, 2.75) is 42.7 Å². The molecule has 9 heteroatoms. The zero-order valence-electron chi connectivity index (χ0n) is 11.0. The summed E-state index contributed by atoms with van der Waals surface area (Å²) in [5.74, 6) is -1.81. The minimum atomic E-state index is -4.07. The number of rotatable bonds is 3. The van der Waals surface area contributed by atoms with Gasteiger partial charge in [0.25, 0.3) is 0 Å². The molecule has 0 radical (unpaired) electrons. The van der Waals surface area contributed by atoms with Crippen LogP contribution in [-0.2, 0) is 10.0 Å². The van der Waals surface area contributed by atoms with Crippen LogP contribution in [0.5, 0.6) is 0 Å². The molecule has 0 atom stereocenters. The molecule has 1 aliphatic carbocycles. The molecule has 1 fully saturated rings.